The van der Waals surface area contributed by atoms with Crippen molar-refractivity contribution in [3.63, 3.8) is 0 Å². The molecule has 98 heavy (non-hydrogen) atoms. The molecular weight excluding hydrogens is 1320 g/mol. The number of carbonyl (C=O) groups excluding carboxylic acids is 6. The molecule has 36 heteroatoms. The Balaban J connectivity index is 1.07. The Kier molecular flexibility index (Phi) is 14.0. The highest BCUT2D eigenvalue weighted by Crippen LogP contribution is 2.67. The van der Waals surface area contributed by atoms with Crippen molar-refractivity contribution in [2.75, 3.05) is 6.61 Å². The summed E-state index contributed by atoms with van der Waals surface area (Å²) in [5.74, 6) is -48.6. The number of carboxylic acids is 1. The van der Waals surface area contributed by atoms with Crippen LogP contribution in [-0.4, -0.2) is 192 Å². The maximum atomic E-state index is 15.7. The lowest BCUT2D eigenvalue weighted by Gasteiger charge is -2.47. The minimum atomic E-state index is -3.21. The normalized spacial score (nSPS) is 22.7. The van der Waals surface area contributed by atoms with Gasteiger partial charge in [0.1, 0.15) is 35.3 Å². The van der Waals surface area contributed by atoms with Gasteiger partial charge in [-0.3, -0.25) is 9.59 Å². The standard InChI is InChI=1S/C62H42O36/c63-19-10-28-34(50-14(19)5-27(71)49(94-50)12-1-20(64)38(72)21(65)2-12)36-53-54(97-60(89)16-7-25(69)41(75)45(79)33(16)35-37(61(90)96-53)62(36,98-28)55(83)47(35)81)52-30(93-57(86)13-3-22(66)39(73)23(67)4-13)11-91-58(87)17-9-29(92-51-18(56(84)85)8-26(70)42(76)48(51)82)43(77)46(80)32(17)31-15(59(88)95-52)6-24(68)40(74)44(31)78/h1-4,6-10,27,30,36-37,49,52-54,63-82H,5,11H2,(H,84,85)/t27-,30+,36+,37+,49+,52+,53-,54-,62?/m0/s1. The van der Waals surface area contributed by atoms with Gasteiger partial charge >= 0.3 is 35.8 Å². The summed E-state index contributed by atoms with van der Waals surface area (Å²) in [7, 11) is 0. The van der Waals surface area contributed by atoms with Crippen LogP contribution < -0.4 is 14.2 Å². The molecule has 9 atom stereocenters. The quantitative estimate of drug-likeness (QED) is 0.0619. The molecule has 4 bridgehead atoms. The van der Waals surface area contributed by atoms with Gasteiger partial charge in [-0.2, -0.15) is 0 Å². The zero-order chi connectivity index (χ0) is 70.8. The summed E-state index contributed by atoms with van der Waals surface area (Å²) in [5.41, 5.74) is -15.8. The van der Waals surface area contributed by atoms with E-state index in [0.717, 1.165) is 18.2 Å². The first-order valence-electron chi connectivity index (χ1n) is 27.9. The molecule has 1 spiro atoms. The number of carbonyl (C=O) groups is 7. The first kappa shape index (κ1) is 63.1. The molecule has 5 heterocycles. The summed E-state index contributed by atoms with van der Waals surface area (Å²) in [6.45, 7) is -1.75. The molecule has 506 valence electrons. The Morgan fingerprint density at radius 1 is 0.510 bits per heavy atom. The highest BCUT2D eigenvalue weighted by atomic mass is 16.6. The molecule has 5 aliphatic heterocycles. The third kappa shape index (κ3) is 8.97. The smallest absolute Gasteiger partial charge is 0.339 e. The molecule has 1 aliphatic carbocycles. The van der Waals surface area contributed by atoms with Gasteiger partial charge in [0.15, 0.2) is 117 Å². The number of aliphatic hydroxyl groups is 2. The van der Waals surface area contributed by atoms with E-state index in [-0.39, 0.29) is 11.6 Å². The number of benzene rings is 7. The van der Waals surface area contributed by atoms with E-state index in [1.807, 2.05) is 0 Å². The SMILES string of the molecule is O=C(O[C@@H]1COC(=O)c2cc(Oc3c(C(=O)O)cc(O)c(O)c3O)c(O)c(O)c2-c2c(cc(O)c(O)c2O)C(=O)O[C@H]1[C@@H]1OC(=O)c2cc(O)c(O)c(O)c2C2=C(O)C(=O)C34Oc5cc(O)c6c(c5[C@@H]3[C@@H]1OC(=O)[C@@H]24)O[C@H](c1cc(O)c(O)c(O)c1)[C@@H](O)C6)c1cc(O)c(O)c(O)c1. The third-order valence-corrected chi connectivity index (χ3v) is 17.2. The molecule has 1 fully saturated rings. The maximum Gasteiger partial charge on any atom is 0.339 e. The van der Waals surface area contributed by atoms with Crippen molar-refractivity contribution >= 4 is 47.2 Å². The molecule has 0 radical (unpaired) electrons. The van der Waals surface area contributed by atoms with E-state index in [9.17, 15) is 117 Å². The summed E-state index contributed by atoms with van der Waals surface area (Å²) < 4.78 is 48.0. The van der Waals surface area contributed by atoms with Gasteiger partial charge in [-0.15, -0.1) is 0 Å². The predicted octanol–water partition coefficient (Wildman–Crippen LogP) is 3.05. The molecule has 1 saturated heterocycles. The zero-order valence-electron chi connectivity index (χ0n) is 48.2. The van der Waals surface area contributed by atoms with Gasteiger partial charge in [-0.1, -0.05) is 0 Å². The van der Waals surface area contributed by atoms with E-state index < -0.39 is 302 Å². The van der Waals surface area contributed by atoms with E-state index in [0.29, 0.717) is 30.3 Å². The second kappa shape index (κ2) is 21.7. The van der Waals surface area contributed by atoms with E-state index in [2.05, 4.69) is 0 Å². The van der Waals surface area contributed by atoms with Gasteiger partial charge in [-0.25, -0.2) is 24.0 Å². The number of aromatic carboxylic acids is 1. The van der Waals surface area contributed by atoms with Crippen molar-refractivity contribution in [2.45, 2.75) is 54.6 Å². The second-order valence-electron chi connectivity index (χ2n) is 22.7. The molecule has 7 aromatic rings. The van der Waals surface area contributed by atoms with Crippen LogP contribution in [-0.2, 0) is 39.7 Å². The number of rotatable bonds is 7. The van der Waals surface area contributed by atoms with Crippen LogP contribution in [0.15, 0.2) is 60.4 Å². The molecule has 0 saturated carbocycles. The molecule has 36 nitrogen and oxygen atoms in total. The minimum Gasteiger partial charge on any atom is -0.507 e. The van der Waals surface area contributed by atoms with Crippen LogP contribution in [0.5, 0.6) is 126 Å². The number of aromatic hydroxyl groups is 18. The number of cyclic esters (lactones) is 3. The topological polar surface area (TPSA) is 618 Å². The van der Waals surface area contributed by atoms with Crippen LogP contribution in [0.2, 0.25) is 0 Å². The van der Waals surface area contributed by atoms with Crippen LogP contribution in [0.1, 0.15) is 86.1 Å². The van der Waals surface area contributed by atoms with Crippen molar-refractivity contribution in [3.8, 4) is 138 Å². The molecule has 13 rings (SSSR count). The molecular formula is C62H42O36. The Morgan fingerprint density at radius 3 is 1.63 bits per heavy atom. The van der Waals surface area contributed by atoms with Gasteiger partial charge in [0.05, 0.1) is 34.3 Å². The lowest BCUT2D eigenvalue weighted by atomic mass is 9.66. The van der Waals surface area contributed by atoms with Gasteiger partial charge in [0, 0.05) is 63.6 Å². The fourth-order valence-corrected chi connectivity index (χ4v) is 12.8. The predicted molar refractivity (Wildman–Crippen MR) is 306 cm³/mol. The Labute approximate surface area is 539 Å². The van der Waals surface area contributed by atoms with Gasteiger partial charge in [0.2, 0.25) is 40.1 Å². The summed E-state index contributed by atoms with van der Waals surface area (Å²) in [6, 6.07) is 4.51. The lowest BCUT2D eigenvalue weighted by molar-refractivity contribution is -0.200. The van der Waals surface area contributed by atoms with E-state index in [1.165, 1.54) is 0 Å². The molecule has 1 unspecified atom stereocenters. The van der Waals surface area contributed by atoms with Gasteiger partial charge in [0.25, 0.3) is 0 Å². The average molecular weight is 1360 g/mol. The highest BCUT2D eigenvalue weighted by molar-refractivity contribution is 6.21. The molecule has 7 aromatic carbocycles. The first-order valence-corrected chi connectivity index (χ1v) is 27.9. The number of fused-ring (bicyclic) bond motifs is 8. The maximum absolute atomic E-state index is 15.7. The van der Waals surface area contributed by atoms with E-state index in [4.69, 9.17) is 37.9 Å². The Morgan fingerprint density at radius 2 is 1.03 bits per heavy atom. The first-order chi connectivity index (χ1) is 46.2. The highest BCUT2D eigenvalue weighted by Gasteiger charge is 2.76. The van der Waals surface area contributed by atoms with Crippen molar-refractivity contribution in [3.05, 3.63) is 110 Å². The van der Waals surface area contributed by atoms with Crippen LogP contribution >= 0.6 is 0 Å². The molecule has 0 aromatic heterocycles. The largest absolute Gasteiger partial charge is 0.507 e. The number of ketones is 1. The second-order valence-corrected chi connectivity index (χ2v) is 22.7. The minimum absolute atomic E-state index is 0.230. The molecule has 0 amide bonds. The number of phenolic OH excluding ortho intramolecular Hbond substituents is 18. The number of Topliss-reactive ketones (excluding diaryl/α,β-unsaturated/α-hetero) is 1. The monoisotopic (exact) mass is 1360 g/mol. The molecule has 21 N–H and O–H groups in total. The van der Waals surface area contributed by atoms with Crippen molar-refractivity contribution in [1.82, 2.24) is 0 Å². The number of ether oxygens (including phenoxy) is 8. The summed E-state index contributed by atoms with van der Waals surface area (Å²) in [5, 5.41) is 231. The van der Waals surface area contributed by atoms with Crippen LogP contribution in [0.4, 0.5) is 0 Å². The Bertz CT molecular complexity index is 4850. The number of aliphatic hydroxyl groups excluding tert-OH is 2. The average Bonchev–Trinajstić information content (AvgIpc) is 1.48. The van der Waals surface area contributed by atoms with Crippen LogP contribution in [0, 0.1) is 5.92 Å². The van der Waals surface area contributed by atoms with Crippen molar-refractivity contribution < 1.29 is 179 Å². The van der Waals surface area contributed by atoms with Crippen molar-refractivity contribution in [2.24, 2.45) is 5.92 Å². The summed E-state index contributed by atoms with van der Waals surface area (Å²) in [6.07, 6.45) is -16.0. The Hall–Kier alpha value is -13.7. The number of hydrogen-bond donors (Lipinski definition) is 21. The zero-order valence-corrected chi connectivity index (χ0v) is 48.2. The van der Waals surface area contributed by atoms with Gasteiger partial charge < -0.3 is 145 Å². The van der Waals surface area contributed by atoms with Crippen molar-refractivity contribution in [1.29, 1.82) is 0 Å². The number of esters is 5. The van der Waals surface area contributed by atoms with E-state index >= 15 is 24.0 Å². The fourth-order valence-electron chi connectivity index (χ4n) is 12.8. The summed E-state index contributed by atoms with van der Waals surface area (Å²) in [4.78, 5) is 104. The van der Waals surface area contributed by atoms with Crippen LogP contribution in [0.3, 0.4) is 0 Å². The molecule has 6 aliphatic rings. The number of hydrogen-bond acceptors (Lipinski definition) is 35. The lowest BCUT2D eigenvalue weighted by Crippen LogP contribution is -2.65. The van der Waals surface area contributed by atoms with Crippen LogP contribution in [0.25, 0.3) is 16.7 Å². The fraction of sp³-hybridized carbons (Fsp3) is 0.177. The summed E-state index contributed by atoms with van der Waals surface area (Å²) >= 11 is 0. The van der Waals surface area contributed by atoms with Gasteiger partial charge in [-0.05, 0) is 36.4 Å². The third-order valence-electron chi connectivity index (χ3n) is 17.2. The number of carboxylic acid groups (broad SMARTS) is 1. The van der Waals surface area contributed by atoms with E-state index in [1.54, 1.807) is 0 Å². The number of phenols is 18.